The van der Waals surface area contributed by atoms with Crippen molar-refractivity contribution < 1.29 is 28.7 Å². The average Bonchev–Trinajstić information content (AvgIpc) is 2.76. The van der Waals surface area contributed by atoms with Crippen LogP contribution in [0.15, 0.2) is 60.7 Å². The molecule has 8 nitrogen and oxygen atoms in total. The molecule has 8 heteroatoms. The maximum Gasteiger partial charge on any atom is 0.328 e. The van der Waals surface area contributed by atoms with Crippen molar-refractivity contribution in [3.8, 4) is 5.75 Å². The van der Waals surface area contributed by atoms with Crippen LogP contribution in [0.25, 0.3) is 6.08 Å². The first-order chi connectivity index (χ1) is 14.9. The Bertz CT molecular complexity index is 938. The Morgan fingerprint density at radius 3 is 2.29 bits per heavy atom. The van der Waals surface area contributed by atoms with Crippen molar-refractivity contribution in [2.45, 2.75) is 19.4 Å². The molecule has 0 aromatic heterocycles. The molecule has 2 rings (SSSR count). The van der Waals surface area contributed by atoms with Crippen molar-refractivity contribution in [2.75, 3.05) is 13.7 Å². The molecule has 162 valence electrons. The van der Waals surface area contributed by atoms with Crippen LogP contribution in [0.5, 0.6) is 5.75 Å². The van der Waals surface area contributed by atoms with E-state index in [2.05, 4.69) is 10.6 Å². The van der Waals surface area contributed by atoms with Crippen molar-refractivity contribution in [1.29, 1.82) is 0 Å². The molecule has 0 spiro atoms. The lowest BCUT2D eigenvalue weighted by atomic mass is 10.1. The number of nitrogens with one attached hydrogen (secondary N) is 2. The summed E-state index contributed by atoms with van der Waals surface area (Å²) in [5, 5.41) is 4.59. The molecule has 2 N–H and O–H groups in total. The molecule has 1 atom stereocenters. The van der Waals surface area contributed by atoms with Crippen LogP contribution in [0.3, 0.4) is 0 Å². The third-order valence-corrected chi connectivity index (χ3v) is 4.09. The number of amides is 3. The quantitative estimate of drug-likeness (QED) is 0.468. The lowest BCUT2D eigenvalue weighted by Gasteiger charge is -2.12. The minimum Gasteiger partial charge on any atom is -0.497 e. The van der Waals surface area contributed by atoms with E-state index in [0.717, 1.165) is 11.1 Å². The monoisotopic (exact) mass is 424 g/mol. The Hall–Kier alpha value is -3.94. The van der Waals surface area contributed by atoms with Crippen molar-refractivity contribution in [1.82, 2.24) is 10.6 Å². The first-order valence-electron chi connectivity index (χ1n) is 9.53. The predicted molar refractivity (Wildman–Crippen MR) is 114 cm³/mol. The van der Waals surface area contributed by atoms with E-state index in [9.17, 15) is 19.2 Å². The lowest BCUT2D eigenvalue weighted by molar-refractivity contribution is -0.151. The molecule has 0 bridgehead atoms. The number of carbonyl (C=O) groups is 4. The van der Waals surface area contributed by atoms with Gasteiger partial charge in [-0.25, -0.2) is 4.79 Å². The number of esters is 1. The highest BCUT2D eigenvalue weighted by atomic mass is 16.5. The highest BCUT2D eigenvalue weighted by molar-refractivity contribution is 5.98. The van der Waals surface area contributed by atoms with Crippen LogP contribution < -0.4 is 15.4 Å². The normalized spacial score (nSPS) is 11.4. The maximum absolute atomic E-state index is 12.0. The van der Waals surface area contributed by atoms with Crippen LogP contribution >= 0.6 is 0 Å². The number of imide groups is 1. The number of methoxy groups -OCH3 is 1. The summed E-state index contributed by atoms with van der Waals surface area (Å²) in [6.07, 6.45) is 2.90. The summed E-state index contributed by atoms with van der Waals surface area (Å²) in [6.45, 7) is 0.807. The zero-order chi connectivity index (χ0) is 22.6. The van der Waals surface area contributed by atoms with Gasteiger partial charge in [-0.1, -0.05) is 42.5 Å². The zero-order valence-electron chi connectivity index (χ0n) is 17.3. The SMILES string of the molecule is COc1ccc(/C=C/C(=O)NC(C)C(=O)OCC(=O)NC(=O)Cc2ccccc2)cc1. The molecule has 0 aliphatic carbocycles. The second-order valence-corrected chi connectivity index (χ2v) is 6.58. The van der Waals surface area contributed by atoms with Crippen molar-refractivity contribution in [3.05, 3.63) is 71.8 Å². The lowest BCUT2D eigenvalue weighted by Crippen LogP contribution is -2.41. The number of hydrogen-bond donors (Lipinski definition) is 2. The second-order valence-electron chi connectivity index (χ2n) is 6.58. The topological polar surface area (TPSA) is 111 Å². The van der Waals surface area contributed by atoms with Crippen LogP contribution in [-0.2, 0) is 30.3 Å². The van der Waals surface area contributed by atoms with Gasteiger partial charge in [-0.15, -0.1) is 0 Å². The molecule has 0 saturated heterocycles. The van der Waals surface area contributed by atoms with E-state index >= 15 is 0 Å². The standard InChI is InChI=1S/C23H24N2O6/c1-16(24-20(26)13-10-17-8-11-19(30-2)12-9-17)23(29)31-15-22(28)25-21(27)14-18-6-4-3-5-7-18/h3-13,16H,14-15H2,1-2H3,(H,24,26)(H,25,27,28)/b13-10+. The third-order valence-electron chi connectivity index (χ3n) is 4.09. The molecule has 0 aliphatic rings. The summed E-state index contributed by atoms with van der Waals surface area (Å²) in [7, 11) is 1.56. The van der Waals surface area contributed by atoms with E-state index < -0.39 is 36.3 Å². The van der Waals surface area contributed by atoms with E-state index in [1.807, 2.05) is 6.07 Å². The molecule has 0 radical (unpaired) electrons. The summed E-state index contributed by atoms with van der Waals surface area (Å²) in [6, 6.07) is 15.0. The van der Waals surface area contributed by atoms with Gasteiger partial charge in [0, 0.05) is 6.08 Å². The van der Waals surface area contributed by atoms with Crippen molar-refractivity contribution in [2.24, 2.45) is 0 Å². The van der Waals surface area contributed by atoms with Crippen molar-refractivity contribution >= 4 is 29.8 Å². The highest BCUT2D eigenvalue weighted by Crippen LogP contribution is 2.12. The number of ether oxygens (including phenoxy) is 2. The largest absolute Gasteiger partial charge is 0.497 e. The Balaban J connectivity index is 1.71. The van der Waals surface area contributed by atoms with Crippen LogP contribution in [0.2, 0.25) is 0 Å². The van der Waals surface area contributed by atoms with E-state index in [-0.39, 0.29) is 6.42 Å². The fourth-order valence-corrected chi connectivity index (χ4v) is 2.49. The van der Waals surface area contributed by atoms with Gasteiger partial charge in [0.1, 0.15) is 11.8 Å². The average molecular weight is 424 g/mol. The van der Waals surface area contributed by atoms with Gasteiger partial charge < -0.3 is 14.8 Å². The van der Waals surface area contributed by atoms with Gasteiger partial charge in [0.05, 0.1) is 13.5 Å². The maximum atomic E-state index is 12.0. The van der Waals surface area contributed by atoms with Crippen molar-refractivity contribution in [3.63, 3.8) is 0 Å². The Morgan fingerprint density at radius 2 is 1.65 bits per heavy atom. The summed E-state index contributed by atoms with van der Waals surface area (Å²) in [5.41, 5.74) is 1.53. The van der Waals surface area contributed by atoms with Crippen LogP contribution in [0.1, 0.15) is 18.1 Å². The van der Waals surface area contributed by atoms with Gasteiger partial charge in [-0.05, 0) is 36.3 Å². The van der Waals surface area contributed by atoms with Gasteiger partial charge in [0.2, 0.25) is 11.8 Å². The summed E-state index contributed by atoms with van der Waals surface area (Å²) < 4.78 is 9.91. The molecule has 0 heterocycles. The van der Waals surface area contributed by atoms with E-state index in [0.29, 0.717) is 5.75 Å². The second kappa shape index (κ2) is 11.9. The van der Waals surface area contributed by atoms with E-state index in [1.165, 1.54) is 13.0 Å². The summed E-state index contributed by atoms with van der Waals surface area (Å²) in [5.74, 6) is -1.84. The Morgan fingerprint density at radius 1 is 0.968 bits per heavy atom. The molecular weight excluding hydrogens is 400 g/mol. The number of rotatable bonds is 9. The van der Waals surface area contributed by atoms with E-state index in [1.54, 1.807) is 61.7 Å². The van der Waals surface area contributed by atoms with Gasteiger partial charge in [0.25, 0.3) is 5.91 Å². The fourth-order valence-electron chi connectivity index (χ4n) is 2.49. The molecule has 31 heavy (non-hydrogen) atoms. The van der Waals surface area contributed by atoms with Crippen LogP contribution in [-0.4, -0.2) is 43.4 Å². The first-order valence-corrected chi connectivity index (χ1v) is 9.53. The number of carbonyl (C=O) groups excluding carboxylic acids is 4. The Labute approximate surface area is 180 Å². The van der Waals surface area contributed by atoms with Gasteiger partial charge >= 0.3 is 5.97 Å². The molecule has 3 amide bonds. The summed E-state index contributed by atoms with van der Waals surface area (Å²) >= 11 is 0. The third kappa shape index (κ3) is 8.53. The van der Waals surface area contributed by atoms with Gasteiger partial charge in [-0.3, -0.25) is 19.7 Å². The van der Waals surface area contributed by atoms with E-state index in [4.69, 9.17) is 9.47 Å². The minimum atomic E-state index is -0.971. The number of hydrogen-bond acceptors (Lipinski definition) is 6. The minimum absolute atomic E-state index is 0.0352. The van der Waals surface area contributed by atoms with Gasteiger partial charge in [0.15, 0.2) is 6.61 Å². The smallest absolute Gasteiger partial charge is 0.328 e. The highest BCUT2D eigenvalue weighted by Gasteiger charge is 2.18. The molecule has 0 saturated carbocycles. The molecule has 1 unspecified atom stereocenters. The molecular formula is C23H24N2O6. The van der Waals surface area contributed by atoms with Crippen LogP contribution in [0, 0.1) is 0 Å². The van der Waals surface area contributed by atoms with Gasteiger partial charge in [-0.2, -0.15) is 0 Å². The molecule has 0 aliphatic heterocycles. The Kier molecular flexibility index (Phi) is 8.97. The zero-order valence-corrected chi connectivity index (χ0v) is 17.3. The molecule has 0 fully saturated rings. The first kappa shape index (κ1) is 23.3. The predicted octanol–water partition coefficient (Wildman–Crippen LogP) is 1.64. The number of benzene rings is 2. The molecule has 2 aromatic carbocycles. The fraction of sp³-hybridized carbons (Fsp3) is 0.217. The van der Waals surface area contributed by atoms with Crippen LogP contribution in [0.4, 0.5) is 0 Å². The molecule has 2 aromatic rings. The summed E-state index contributed by atoms with van der Waals surface area (Å²) in [4.78, 5) is 47.5.